The zero-order valence-electron chi connectivity index (χ0n) is 16.8. The molecule has 0 radical (unpaired) electrons. The lowest BCUT2D eigenvalue weighted by atomic mass is 10.1. The molecule has 0 fully saturated rings. The van der Waals surface area contributed by atoms with E-state index in [0.717, 1.165) is 4.90 Å². The molecule has 11 heteroatoms. The predicted molar refractivity (Wildman–Crippen MR) is 108 cm³/mol. The fraction of sp³-hybridized carbons (Fsp3) is 0.300. The first-order chi connectivity index (χ1) is 14.9. The van der Waals surface area contributed by atoms with Gasteiger partial charge in [-0.05, 0) is 30.7 Å². The lowest BCUT2D eigenvalue weighted by Gasteiger charge is -2.12. The highest BCUT2D eigenvalue weighted by atomic mass is 16.5. The number of amides is 4. The number of nitrogens with one attached hydrogen (secondary N) is 3. The second-order valence-corrected chi connectivity index (χ2v) is 6.69. The van der Waals surface area contributed by atoms with Gasteiger partial charge in [-0.25, -0.2) is 5.10 Å². The van der Waals surface area contributed by atoms with Crippen molar-refractivity contribution in [2.24, 2.45) is 0 Å². The number of fused-ring (bicyclic) bond motifs is 1. The van der Waals surface area contributed by atoms with E-state index in [0.29, 0.717) is 13.0 Å². The number of benzene rings is 1. The molecule has 0 saturated heterocycles. The van der Waals surface area contributed by atoms with E-state index in [4.69, 9.17) is 4.74 Å². The fourth-order valence-electron chi connectivity index (χ4n) is 3.02. The van der Waals surface area contributed by atoms with Gasteiger partial charge >= 0.3 is 0 Å². The molecule has 0 aliphatic carbocycles. The predicted octanol–water partition coefficient (Wildman–Crippen LogP) is -0.438. The average Bonchev–Trinajstić information content (AvgIpc) is 3.01. The molecule has 2 heterocycles. The van der Waals surface area contributed by atoms with Crippen LogP contribution in [0.5, 0.6) is 0 Å². The molecule has 1 aliphatic heterocycles. The van der Waals surface area contributed by atoms with Gasteiger partial charge in [-0.2, -0.15) is 5.10 Å². The number of methoxy groups -OCH3 is 1. The Kier molecular flexibility index (Phi) is 6.88. The highest BCUT2D eigenvalue weighted by Gasteiger charge is 2.35. The van der Waals surface area contributed by atoms with Crippen LogP contribution >= 0.6 is 0 Å². The molecule has 1 aliphatic rings. The summed E-state index contributed by atoms with van der Waals surface area (Å²) in [6, 6.07) is 6.80. The standard InChI is InChI=1S/C20H21N5O6/c1-31-10-2-9-25-19(29)13-4-3-12(11-14(13)20(25)30)17(27)21-7-8-22-18(28)15-5-6-16(26)24-23-15/h3-6,11H,2,7-10H2,1H3,(H,21,27)(H,22,28)(H,24,26). The van der Waals surface area contributed by atoms with E-state index >= 15 is 0 Å². The Morgan fingerprint density at radius 3 is 2.39 bits per heavy atom. The van der Waals surface area contributed by atoms with Crippen molar-refractivity contribution in [1.82, 2.24) is 25.7 Å². The molecule has 31 heavy (non-hydrogen) atoms. The van der Waals surface area contributed by atoms with Crippen LogP contribution in [0.4, 0.5) is 0 Å². The summed E-state index contributed by atoms with van der Waals surface area (Å²) in [7, 11) is 1.54. The maximum atomic E-state index is 12.5. The van der Waals surface area contributed by atoms with Crippen LogP contribution in [0.1, 0.15) is 48.0 Å². The minimum Gasteiger partial charge on any atom is -0.385 e. The van der Waals surface area contributed by atoms with Gasteiger partial charge in [0.1, 0.15) is 5.69 Å². The van der Waals surface area contributed by atoms with Crippen molar-refractivity contribution in [2.45, 2.75) is 6.42 Å². The third kappa shape index (κ3) is 5.01. The molecule has 3 N–H and O–H groups in total. The van der Waals surface area contributed by atoms with Crippen molar-refractivity contribution in [1.29, 1.82) is 0 Å². The number of carbonyl (C=O) groups is 4. The molecule has 162 valence electrons. The van der Waals surface area contributed by atoms with Crippen molar-refractivity contribution in [2.75, 3.05) is 33.4 Å². The minimum absolute atomic E-state index is 0.0442. The lowest BCUT2D eigenvalue weighted by molar-refractivity contribution is 0.0638. The number of rotatable bonds is 9. The summed E-state index contributed by atoms with van der Waals surface area (Å²) in [5.41, 5.74) is 0.304. The van der Waals surface area contributed by atoms with Gasteiger partial charge in [0, 0.05) is 45.0 Å². The summed E-state index contributed by atoms with van der Waals surface area (Å²) in [5, 5.41) is 10.9. The third-order valence-corrected chi connectivity index (χ3v) is 4.57. The summed E-state index contributed by atoms with van der Waals surface area (Å²) >= 11 is 0. The topological polar surface area (TPSA) is 151 Å². The normalized spacial score (nSPS) is 12.6. The molecule has 0 unspecified atom stereocenters. The van der Waals surface area contributed by atoms with E-state index in [1.807, 2.05) is 0 Å². The van der Waals surface area contributed by atoms with Crippen molar-refractivity contribution in [3.05, 3.63) is 63.1 Å². The van der Waals surface area contributed by atoms with E-state index in [9.17, 15) is 24.0 Å². The second-order valence-electron chi connectivity index (χ2n) is 6.69. The fourth-order valence-corrected chi connectivity index (χ4v) is 3.02. The smallest absolute Gasteiger partial charge is 0.271 e. The maximum absolute atomic E-state index is 12.5. The van der Waals surface area contributed by atoms with Gasteiger partial charge in [0.05, 0.1) is 11.1 Å². The van der Waals surface area contributed by atoms with Crippen LogP contribution in [0.3, 0.4) is 0 Å². The zero-order chi connectivity index (χ0) is 22.4. The summed E-state index contributed by atoms with van der Waals surface area (Å²) in [6.07, 6.45) is 0.523. The van der Waals surface area contributed by atoms with Gasteiger partial charge in [0.2, 0.25) is 0 Å². The number of aromatic nitrogens is 2. The van der Waals surface area contributed by atoms with E-state index in [1.54, 1.807) is 7.11 Å². The molecule has 1 aromatic heterocycles. The SMILES string of the molecule is COCCCN1C(=O)c2ccc(C(=O)NCCNC(=O)c3ccc(=O)[nH]n3)cc2C1=O. The van der Waals surface area contributed by atoms with E-state index < -0.39 is 23.3 Å². The largest absolute Gasteiger partial charge is 0.385 e. The van der Waals surface area contributed by atoms with Crippen LogP contribution < -0.4 is 16.2 Å². The Hall–Kier alpha value is -3.86. The van der Waals surface area contributed by atoms with E-state index in [2.05, 4.69) is 20.8 Å². The molecule has 11 nitrogen and oxygen atoms in total. The zero-order valence-corrected chi connectivity index (χ0v) is 16.8. The molecule has 4 amide bonds. The summed E-state index contributed by atoms with van der Waals surface area (Å²) in [5.74, 6) is -1.77. The maximum Gasteiger partial charge on any atom is 0.271 e. The molecular formula is C20H21N5O6. The molecule has 0 bridgehead atoms. The second kappa shape index (κ2) is 9.76. The first-order valence-electron chi connectivity index (χ1n) is 9.53. The first-order valence-corrected chi connectivity index (χ1v) is 9.53. The van der Waals surface area contributed by atoms with Crippen LogP contribution in [-0.4, -0.2) is 72.1 Å². The van der Waals surface area contributed by atoms with Gasteiger partial charge in [-0.15, -0.1) is 0 Å². The van der Waals surface area contributed by atoms with Gasteiger partial charge in [0.25, 0.3) is 29.2 Å². The average molecular weight is 427 g/mol. The highest BCUT2D eigenvalue weighted by molar-refractivity contribution is 6.22. The van der Waals surface area contributed by atoms with Crippen molar-refractivity contribution in [3.63, 3.8) is 0 Å². The Balaban J connectivity index is 1.53. The number of nitrogens with zero attached hydrogens (tertiary/aromatic N) is 2. The number of ether oxygens (including phenoxy) is 1. The number of aromatic amines is 1. The summed E-state index contributed by atoms with van der Waals surface area (Å²) in [6.45, 7) is 0.920. The van der Waals surface area contributed by atoms with E-state index in [1.165, 1.54) is 30.3 Å². The van der Waals surface area contributed by atoms with Gasteiger partial charge in [0.15, 0.2) is 0 Å². The molecular weight excluding hydrogens is 406 g/mol. The Bertz CT molecular complexity index is 1060. The monoisotopic (exact) mass is 427 g/mol. The first kappa shape index (κ1) is 21.8. The van der Waals surface area contributed by atoms with Crippen LogP contribution in [0.2, 0.25) is 0 Å². The van der Waals surface area contributed by atoms with E-state index in [-0.39, 0.29) is 47.9 Å². The number of hydrogen-bond donors (Lipinski definition) is 3. The third-order valence-electron chi connectivity index (χ3n) is 4.57. The van der Waals surface area contributed by atoms with Crippen LogP contribution in [0.25, 0.3) is 0 Å². The molecule has 1 aromatic carbocycles. The Morgan fingerprint density at radius 1 is 1.00 bits per heavy atom. The molecule has 2 aromatic rings. The van der Waals surface area contributed by atoms with Crippen molar-refractivity contribution in [3.8, 4) is 0 Å². The quantitative estimate of drug-likeness (QED) is 0.363. The number of imide groups is 1. The van der Waals surface area contributed by atoms with Crippen LogP contribution in [-0.2, 0) is 4.74 Å². The highest BCUT2D eigenvalue weighted by Crippen LogP contribution is 2.24. The van der Waals surface area contributed by atoms with Crippen LogP contribution in [0, 0.1) is 0 Å². The number of carbonyl (C=O) groups excluding carboxylic acids is 4. The van der Waals surface area contributed by atoms with Gasteiger partial charge in [-0.1, -0.05) is 0 Å². The molecule has 3 rings (SSSR count). The van der Waals surface area contributed by atoms with Crippen molar-refractivity contribution < 1.29 is 23.9 Å². The molecule has 0 spiro atoms. The molecule has 0 atom stereocenters. The van der Waals surface area contributed by atoms with Crippen molar-refractivity contribution >= 4 is 23.6 Å². The molecule has 0 saturated carbocycles. The Morgan fingerprint density at radius 2 is 1.71 bits per heavy atom. The van der Waals surface area contributed by atoms with Gasteiger partial charge in [-0.3, -0.25) is 28.9 Å². The summed E-state index contributed by atoms with van der Waals surface area (Å²) < 4.78 is 4.95. The number of hydrogen-bond acceptors (Lipinski definition) is 7. The summed E-state index contributed by atoms with van der Waals surface area (Å²) in [4.78, 5) is 61.3. The van der Waals surface area contributed by atoms with Crippen LogP contribution in [0.15, 0.2) is 35.1 Å². The van der Waals surface area contributed by atoms with Gasteiger partial charge < -0.3 is 15.4 Å². The minimum atomic E-state index is -0.499. The lowest BCUT2D eigenvalue weighted by Crippen LogP contribution is -2.35. The number of H-pyrrole nitrogens is 1. The Labute approximate surface area is 176 Å².